The fourth-order valence-electron chi connectivity index (χ4n) is 4.76. The molecule has 0 atom stereocenters. The van der Waals surface area contributed by atoms with Gasteiger partial charge >= 0.3 is 0 Å². The van der Waals surface area contributed by atoms with E-state index >= 15 is 4.39 Å². The van der Waals surface area contributed by atoms with Crippen LogP contribution in [0.2, 0.25) is 0 Å². The Hall–Kier alpha value is -3.64. The summed E-state index contributed by atoms with van der Waals surface area (Å²) in [6, 6.07) is 9.32. The number of pyridine rings is 2. The van der Waals surface area contributed by atoms with Crippen LogP contribution in [0.25, 0.3) is 16.9 Å². The van der Waals surface area contributed by atoms with Gasteiger partial charge in [-0.15, -0.1) is 0 Å². The molecule has 6 rings (SSSR count). The maximum Gasteiger partial charge on any atom is 0.229 e. The number of rotatable bonds is 7. The van der Waals surface area contributed by atoms with Crippen LogP contribution in [0.15, 0.2) is 42.7 Å². The topological polar surface area (TPSA) is 104 Å². The molecule has 4 aromatic rings. The third kappa shape index (κ3) is 5.05. The van der Waals surface area contributed by atoms with Gasteiger partial charge in [0.15, 0.2) is 11.5 Å². The summed E-state index contributed by atoms with van der Waals surface area (Å²) in [6.07, 6.45) is 8.38. The molecular formula is C26H32FN9OS. The van der Waals surface area contributed by atoms with E-state index in [1.165, 1.54) is 6.20 Å². The van der Waals surface area contributed by atoms with Crippen LogP contribution in [0, 0.1) is 5.82 Å². The number of nitrogens with zero attached hydrogens (tertiary/aromatic N) is 7. The van der Waals surface area contributed by atoms with Gasteiger partial charge in [0.1, 0.15) is 17.5 Å². The molecule has 0 spiro atoms. The number of nitrogens with one attached hydrogen (secondary N) is 2. The van der Waals surface area contributed by atoms with Gasteiger partial charge in [-0.05, 0) is 54.3 Å². The van der Waals surface area contributed by atoms with E-state index in [9.17, 15) is 4.21 Å². The van der Waals surface area contributed by atoms with E-state index in [0.29, 0.717) is 34.3 Å². The second-order valence-corrected chi connectivity index (χ2v) is 13.3. The van der Waals surface area contributed by atoms with Crippen molar-refractivity contribution in [2.45, 2.75) is 18.8 Å². The zero-order valence-corrected chi connectivity index (χ0v) is 22.6. The Morgan fingerprint density at radius 2 is 1.76 bits per heavy atom. The minimum absolute atomic E-state index is 0.105. The third-order valence-corrected chi connectivity index (χ3v) is 7.59. The summed E-state index contributed by atoms with van der Waals surface area (Å²) < 4.78 is 32.7. The van der Waals surface area contributed by atoms with Gasteiger partial charge in [0.25, 0.3) is 0 Å². The molecule has 2 N–H and O–H groups in total. The highest BCUT2D eigenvalue weighted by Crippen LogP contribution is 2.45. The minimum atomic E-state index is -2.57. The smallest absolute Gasteiger partial charge is 0.229 e. The van der Waals surface area contributed by atoms with Crippen LogP contribution in [-0.4, -0.2) is 79.4 Å². The zero-order valence-electron chi connectivity index (χ0n) is 21.7. The number of anilines is 4. The Labute approximate surface area is 221 Å². The van der Waals surface area contributed by atoms with Crippen molar-refractivity contribution in [2.75, 3.05) is 60.7 Å². The molecule has 0 unspecified atom stereocenters. The molecule has 38 heavy (non-hydrogen) atoms. The van der Waals surface area contributed by atoms with Gasteiger partial charge in [-0.3, -0.25) is 8.78 Å². The molecule has 0 radical (unpaired) electrons. The number of fused-ring (bicyclic) bond motifs is 1. The van der Waals surface area contributed by atoms with Crippen LogP contribution in [0.1, 0.15) is 24.5 Å². The van der Waals surface area contributed by atoms with Crippen molar-refractivity contribution in [3.05, 3.63) is 54.2 Å². The first-order valence-electron chi connectivity index (χ1n) is 12.8. The van der Waals surface area contributed by atoms with Crippen molar-refractivity contribution in [2.24, 2.45) is 0 Å². The molecule has 1 aliphatic carbocycles. The number of hydrogen-bond donors (Lipinski definition) is 3. The van der Waals surface area contributed by atoms with E-state index in [2.05, 4.69) is 41.8 Å². The van der Waals surface area contributed by atoms with Gasteiger partial charge in [0.2, 0.25) is 5.95 Å². The number of hydrogen-bond acceptors (Lipinski definition) is 8. The standard InChI is InChI=1S/C26H32FN9OS/c1-34-11-13-35(14-12-34)21-10-9-18(15-28-21)30-26-29-16-19-23(27)24(17-7-8-17)36(25(19)32-26)22-6-4-5-20(31-22)33-38(2,3)37/h4-6,9-10,15-17,38H,7-8,11-14H2,1-3H3,(H,29,30,32)(H,31,33,37). The van der Waals surface area contributed by atoms with E-state index in [1.807, 2.05) is 24.3 Å². The fraction of sp³-hybridized carbons (Fsp3) is 0.385. The minimum Gasteiger partial charge on any atom is -0.354 e. The first-order chi connectivity index (χ1) is 18.2. The highest BCUT2D eigenvalue weighted by Gasteiger charge is 2.34. The molecule has 10 nitrogen and oxygen atoms in total. The SMILES string of the molecule is CN1CCN(c2ccc(Nc3ncc4c(F)c(C5CC5)n(-c5cccc(N[SH](C)(C)=O)n5)c4n3)cn2)CC1. The Balaban J connectivity index is 1.33. The van der Waals surface area contributed by atoms with E-state index in [4.69, 9.17) is 4.98 Å². The average molecular weight is 538 g/mol. The third-order valence-electron chi connectivity index (χ3n) is 6.83. The number of likely N-dealkylation sites (N-methyl/N-ethyl adjacent to an activating group) is 1. The Kier molecular flexibility index (Phi) is 6.23. The highest BCUT2D eigenvalue weighted by molar-refractivity contribution is 8.02. The number of piperazine rings is 1. The largest absolute Gasteiger partial charge is 0.354 e. The van der Waals surface area contributed by atoms with Crippen LogP contribution in [0.5, 0.6) is 0 Å². The Morgan fingerprint density at radius 3 is 2.45 bits per heavy atom. The summed E-state index contributed by atoms with van der Waals surface area (Å²) in [5.41, 5.74) is 1.74. The summed E-state index contributed by atoms with van der Waals surface area (Å²) >= 11 is 0. The molecule has 4 aromatic heterocycles. The van der Waals surface area contributed by atoms with Crippen LogP contribution in [0.4, 0.5) is 27.7 Å². The van der Waals surface area contributed by atoms with E-state index in [0.717, 1.165) is 50.5 Å². The monoisotopic (exact) mass is 537 g/mol. The van der Waals surface area contributed by atoms with E-state index < -0.39 is 10.1 Å². The Morgan fingerprint density at radius 1 is 0.974 bits per heavy atom. The van der Waals surface area contributed by atoms with Crippen molar-refractivity contribution >= 4 is 44.4 Å². The summed E-state index contributed by atoms with van der Waals surface area (Å²) in [4.78, 5) is 22.9. The lowest BCUT2D eigenvalue weighted by atomic mass is 10.2. The second kappa shape index (κ2) is 9.59. The van der Waals surface area contributed by atoms with Gasteiger partial charge in [0, 0.05) is 50.8 Å². The molecule has 1 aliphatic heterocycles. The lowest BCUT2D eigenvalue weighted by Crippen LogP contribution is -2.44. The normalized spacial score (nSPS) is 17.1. The molecule has 200 valence electrons. The average Bonchev–Trinajstić information content (AvgIpc) is 3.68. The van der Waals surface area contributed by atoms with Crippen LogP contribution < -0.4 is 14.9 Å². The first-order valence-corrected chi connectivity index (χ1v) is 15.4. The van der Waals surface area contributed by atoms with Gasteiger partial charge in [-0.2, -0.15) is 4.98 Å². The predicted octanol–water partition coefficient (Wildman–Crippen LogP) is 3.33. The van der Waals surface area contributed by atoms with Gasteiger partial charge in [-0.1, -0.05) is 6.07 Å². The zero-order chi connectivity index (χ0) is 26.4. The lowest BCUT2D eigenvalue weighted by molar-refractivity contribution is 0.312. The maximum absolute atomic E-state index is 15.6. The van der Waals surface area contributed by atoms with Crippen LogP contribution in [-0.2, 0) is 10.1 Å². The molecule has 0 bridgehead atoms. The van der Waals surface area contributed by atoms with Crippen molar-refractivity contribution in [3.63, 3.8) is 0 Å². The summed E-state index contributed by atoms with van der Waals surface area (Å²) in [6.45, 7) is 3.92. The summed E-state index contributed by atoms with van der Waals surface area (Å²) in [5.74, 6) is 2.06. The molecule has 0 amide bonds. The number of halogens is 1. The summed E-state index contributed by atoms with van der Waals surface area (Å²) in [7, 11) is -0.438. The maximum atomic E-state index is 15.6. The molecule has 2 aliphatic rings. The molecule has 1 saturated heterocycles. The second-order valence-electron chi connectivity index (χ2n) is 10.4. The van der Waals surface area contributed by atoms with Crippen molar-refractivity contribution in [3.8, 4) is 5.82 Å². The van der Waals surface area contributed by atoms with Crippen molar-refractivity contribution in [1.29, 1.82) is 0 Å². The summed E-state index contributed by atoms with van der Waals surface area (Å²) in [5, 5.41) is 3.56. The van der Waals surface area contributed by atoms with Gasteiger partial charge < -0.3 is 19.8 Å². The molecule has 12 heteroatoms. The van der Waals surface area contributed by atoms with Crippen LogP contribution >= 0.6 is 0 Å². The van der Waals surface area contributed by atoms with E-state index in [-0.39, 0.29) is 11.7 Å². The molecule has 1 saturated carbocycles. The van der Waals surface area contributed by atoms with Crippen LogP contribution in [0.3, 0.4) is 0 Å². The first kappa shape index (κ1) is 24.7. The van der Waals surface area contributed by atoms with E-state index in [1.54, 1.807) is 29.3 Å². The van der Waals surface area contributed by atoms with Crippen molar-refractivity contribution < 1.29 is 8.60 Å². The lowest BCUT2D eigenvalue weighted by Gasteiger charge is -2.33. The molecule has 5 heterocycles. The van der Waals surface area contributed by atoms with Crippen molar-refractivity contribution in [1.82, 2.24) is 29.4 Å². The highest BCUT2D eigenvalue weighted by atomic mass is 32.3. The fourth-order valence-corrected chi connectivity index (χ4v) is 5.43. The molecular weight excluding hydrogens is 505 g/mol. The predicted molar refractivity (Wildman–Crippen MR) is 151 cm³/mol. The Bertz CT molecular complexity index is 1520. The quantitative estimate of drug-likeness (QED) is 0.309. The number of aromatic nitrogens is 5. The van der Waals surface area contributed by atoms with Gasteiger partial charge in [0.05, 0.1) is 23.0 Å². The molecule has 2 fully saturated rings. The molecule has 0 aromatic carbocycles. The van der Waals surface area contributed by atoms with Gasteiger partial charge in [-0.25, -0.2) is 19.3 Å². The number of thiol groups is 1.